The molecule has 0 radical (unpaired) electrons. The lowest BCUT2D eigenvalue weighted by atomic mass is 10.0. The SMILES string of the molecule is Cl.Cn1c(=O)c2c(c1=O)c1c3cccc(CN)c3nc1c1nc3ccccc3c12. The molecule has 3 aromatic carbocycles. The quantitative estimate of drug-likeness (QED) is 0.456. The van der Waals surface area contributed by atoms with Gasteiger partial charge in [-0.05, 0) is 11.6 Å². The summed E-state index contributed by atoms with van der Waals surface area (Å²) in [6.07, 6.45) is 0. The fourth-order valence-corrected chi connectivity index (χ4v) is 4.43. The molecular weight excluding hydrogens is 388 g/mol. The van der Waals surface area contributed by atoms with Crippen LogP contribution in [0.5, 0.6) is 0 Å². The number of nitrogens with zero attached hydrogens (tertiary/aromatic N) is 3. The van der Waals surface area contributed by atoms with E-state index in [1.165, 1.54) is 11.6 Å². The van der Waals surface area contributed by atoms with Crippen molar-refractivity contribution in [3.8, 4) is 0 Å². The van der Waals surface area contributed by atoms with Crippen LogP contribution in [0.1, 0.15) is 5.56 Å². The second kappa shape index (κ2) is 5.83. The van der Waals surface area contributed by atoms with Crippen LogP contribution < -0.4 is 16.9 Å². The van der Waals surface area contributed by atoms with Gasteiger partial charge in [-0.2, -0.15) is 0 Å². The Labute approximate surface area is 169 Å². The number of hydrogen-bond donors (Lipinski definition) is 1. The van der Waals surface area contributed by atoms with Gasteiger partial charge in [0.1, 0.15) is 0 Å². The van der Waals surface area contributed by atoms with Crippen molar-refractivity contribution >= 4 is 66.8 Å². The molecule has 7 heteroatoms. The van der Waals surface area contributed by atoms with Gasteiger partial charge in [0.15, 0.2) is 0 Å². The average molecular weight is 403 g/mol. The summed E-state index contributed by atoms with van der Waals surface area (Å²) in [6, 6.07) is 13.4. The molecule has 0 saturated carbocycles. The topological polar surface area (TPSA) is 90.9 Å². The molecule has 6 rings (SSSR count). The molecule has 0 saturated heterocycles. The Morgan fingerprint density at radius 1 is 0.793 bits per heavy atom. The van der Waals surface area contributed by atoms with E-state index < -0.39 is 0 Å². The minimum absolute atomic E-state index is 0. The third-order valence-electron chi connectivity index (χ3n) is 5.72. The number of para-hydroxylation sites is 2. The standard InChI is InChI=1S/C22H14N4O2.ClH/c1-26-21(27)16-14-11-6-2-3-8-13(11)24-19(14)20-15(17(16)22(26)28)12-7-4-5-10(9-23)18(12)25-20;/h2-8H,9,23H2,1H3;1H. The van der Waals surface area contributed by atoms with E-state index in [9.17, 15) is 9.59 Å². The van der Waals surface area contributed by atoms with E-state index in [2.05, 4.69) is 0 Å². The Balaban J connectivity index is 0.00000181. The number of hydrogen-bond acceptors (Lipinski definition) is 5. The average Bonchev–Trinajstić information content (AvgIpc) is 3.35. The number of halogens is 1. The van der Waals surface area contributed by atoms with Crippen molar-refractivity contribution in [2.24, 2.45) is 12.8 Å². The zero-order valence-corrected chi connectivity index (χ0v) is 16.2. The maximum absolute atomic E-state index is 13.1. The van der Waals surface area contributed by atoms with E-state index >= 15 is 0 Å². The van der Waals surface area contributed by atoms with Gasteiger partial charge < -0.3 is 5.73 Å². The highest BCUT2D eigenvalue weighted by Crippen LogP contribution is 2.40. The number of aromatic nitrogens is 3. The molecule has 3 aromatic heterocycles. The van der Waals surface area contributed by atoms with Gasteiger partial charge in [0.2, 0.25) is 0 Å². The fourth-order valence-electron chi connectivity index (χ4n) is 4.43. The van der Waals surface area contributed by atoms with E-state index in [-0.39, 0.29) is 23.5 Å². The highest BCUT2D eigenvalue weighted by molar-refractivity contribution is 6.35. The minimum atomic E-state index is -0.301. The Hall–Kier alpha value is -3.35. The maximum Gasteiger partial charge on any atom is 0.262 e. The van der Waals surface area contributed by atoms with E-state index in [1.54, 1.807) is 0 Å². The van der Waals surface area contributed by atoms with Crippen molar-refractivity contribution < 1.29 is 0 Å². The van der Waals surface area contributed by atoms with Gasteiger partial charge in [-0.3, -0.25) is 14.2 Å². The van der Waals surface area contributed by atoms with Crippen LogP contribution >= 0.6 is 12.4 Å². The molecule has 0 spiro atoms. The van der Waals surface area contributed by atoms with Gasteiger partial charge in [-0.25, -0.2) is 9.97 Å². The fraction of sp³-hybridized carbons (Fsp3) is 0.0909. The molecule has 0 aliphatic rings. The summed E-state index contributed by atoms with van der Waals surface area (Å²) in [4.78, 5) is 35.7. The van der Waals surface area contributed by atoms with E-state index in [0.29, 0.717) is 39.1 Å². The van der Waals surface area contributed by atoms with Crippen molar-refractivity contribution in [3.05, 3.63) is 68.7 Å². The van der Waals surface area contributed by atoms with Crippen LogP contribution in [0.2, 0.25) is 0 Å². The predicted molar refractivity (Wildman–Crippen MR) is 119 cm³/mol. The van der Waals surface area contributed by atoms with Gasteiger partial charge >= 0.3 is 0 Å². The van der Waals surface area contributed by atoms with Gasteiger partial charge in [0, 0.05) is 35.1 Å². The Morgan fingerprint density at radius 2 is 1.41 bits per heavy atom. The summed E-state index contributed by atoms with van der Waals surface area (Å²) >= 11 is 0. The largest absolute Gasteiger partial charge is 0.326 e. The van der Waals surface area contributed by atoms with Crippen LogP contribution in [0.25, 0.3) is 54.4 Å². The molecule has 0 bridgehead atoms. The number of benzene rings is 3. The molecule has 142 valence electrons. The monoisotopic (exact) mass is 402 g/mol. The first kappa shape index (κ1) is 17.7. The second-order valence-corrected chi connectivity index (χ2v) is 7.12. The second-order valence-electron chi connectivity index (χ2n) is 7.12. The van der Waals surface area contributed by atoms with Crippen LogP contribution in [-0.2, 0) is 13.6 Å². The molecule has 0 fully saturated rings. The van der Waals surface area contributed by atoms with Crippen LogP contribution in [0.3, 0.4) is 0 Å². The van der Waals surface area contributed by atoms with Crippen molar-refractivity contribution in [2.45, 2.75) is 6.54 Å². The van der Waals surface area contributed by atoms with Crippen LogP contribution in [-0.4, -0.2) is 14.5 Å². The van der Waals surface area contributed by atoms with Crippen LogP contribution in [0.15, 0.2) is 52.1 Å². The van der Waals surface area contributed by atoms with Gasteiger partial charge in [0.25, 0.3) is 11.1 Å². The normalized spacial score (nSPS) is 11.9. The van der Waals surface area contributed by atoms with Gasteiger partial charge in [-0.1, -0.05) is 36.4 Å². The highest BCUT2D eigenvalue weighted by Gasteiger charge is 2.25. The van der Waals surface area contributed by atoms with E-state index in [1.807, 2.05) is 42.5 Å². The summed E-state index contributed by atoms with van der Waals surface area (Å²) in [6.45, 7) is 0.342. The first-order valence-corrected chi connectivity index (χ1v) is 9.03. The number of nitrogens with two attached hydrogens (primary N) is 1. The molecule has 6 nitrogen and oxygen atoms in total. The van der Waals surface area contributed by atoms with Crippen LogP contribution in [0.4, 0.5) is 0 Å². The van der Waals surface area contributed by atoms with Crippen molar-refractivity contribution in [1.82, 2.24) is 14.5 Å². The highest BCUT2D eigenvalue weighted by atomic mass is 35.5. The Morgan fingerprint density at radius 3 is 2.14 bits per heavy atom. The summed E-state index contributed by atoms with van der Waals surface area (Å²) in [5, 5.41) is 3.94. The summed E-state index contributed by atoms with van der Waals surface area (Å²) < 4.78 is 1.18. The smallest absolute Gasteiger partial charge is 0.262 e. The first-order valence-electron chi connectivity index (χ1n) is 9.03. The van der Waals surface area contributed by atoms with Crippen LogP contribution in [0, 0.1) is 0 Å². The molecular formula is C22H15ClN4O2. The summed E-state index contributed by atoms with van der Waals surface area (Å²) in [5.74, 6) is 0. The molecule has 29 heavy (non-hydrogen) atoms. The lowest BCUT2D eigenvalue weighted by Gasteiger charge is -1.98. The lowest BCUT2D eigenvalue weighted by Crippen LogP contribution is -2.21. The molecule has 0 atom stereocenters. The third kappa shape index (κ3) is 1.99. The molecule has 6 aromatic rings. The number of fused-ring (bicyclic) bond motifs is 10. The number of rotatable bonds is 1. The molecule has 2 N–H and O–H groups in total. The van der Waals surface area contributed by atoms with E-state index in [4.69, 9.17) is 15.7 Å². The third-order valence-corrected chi connectivity index (χ3v) is 5.72. The Bertz CT molecular complexity index is 1710. The molecule has 3 heterocycles. The molecule has 0 amide bonds. The molecule has 0 aliphatic heterocycles. The summed E-state index contributed by atoms with van der Waals surface area (Å²) in [7, 11) is 1.52. The Kier molecular flexibility index (Phi) is 3.56. The summed E-state index contributed by atoms with van der Waals surface area (Å²) in [5.41, 5.74) is 9.07. The predicted octanol–water partition coefficient (Wildman–Crippen LogP) is 3.06. The van der Waals surface area contributed by atoms with Gasteiger partial charge in [0.05, 0.1) is 32.8 Å². The first-order chi connectivity index (χ1) is 13.6. The lowest BCUT2D eigenvalue weighted by molar-refractivity contribution is 0.857. The molecule has 0 unspecified atom stereocenters. The van der Waals surface area contributed by atoms with E-state index in [0.717, 1.165) is 27.4 Å². The zero-order chi connectivity index (χ0) is 19.2. The minimum Gasteiger partial charge on any atom is -0.326 e. The van der Waals surface area contributed by atoms with Crippen molar-refractivity contribution in [3.63, 3.8) is 0 Å². The van der Waals surface area contributed by atoms with Gasteiger partial charge in [-0.15, -0.1) is 12.4 Å². The van der Waals surface area contributed by atoms with Crippen molar-refractivity contribution in [1.29, 1.82) is 0 Å². The molecule has 0 aliphatic carbocycles. The maximum atomic E-state index is 13.1. The zero-order valence-electron chi connectivity index (χ0n) is 15.4. The van der Waals surface area contributed by atoms with Crippen molar-refractivity contribution in [2.75, 3.05) is 0 Å².